The van der Waals surface area contributed by atoms with Crippen LogP contribution in [0.2, 0.25) is 0 Å². The molecule has 0 aliphatic rings. The number of aromatic nitrogens is 3. The van der Waals surface area contributed by atoms with Gasteiger partial charge in [-0.2, -0.15) is 11.8 Å². The molecule has 0 spiro atoms. The first-order valence-electron chi connectivity index (χ1n) is 8.11. The third kappa shape index (κ3) is 9.39. The summed E-state index contributed by atoms with van der Waals surface area (Å²) in [4.78, 5) is 4.65. The van der Waals surface area contributed by atoms with Crippen molar-refractivity contribution in [1.82, 2.24) is 25.4 Å². The second-order valence-corrected chi connectivity index (χ2v) is 6.24. The largest absolute Gasteiger partial charge is 0.355 e. The predicted octanol–water partition coefficient (Wildman–Crippen LogP) is 2.55. The van der Waals surface area contributed by atoms with Crippen molar-refractivity contribution in [3.63, 3.8) is 0 Å². The number of hydrogen-bond donors (Lipinski definition) is 2. The van der Waals surface area contributed by atoms with Gasteiger partial charge in [0, 0.05) is 32.1 Å². The average Bonchev–Trinajstić information content (AvgIpc) is 2.98. The highest BCUT2D eigenvalue weighted by Gasteiger charge is 2.05. The predicted molar refractivity (Wildman–Crippen MR) is 111 cm³/mol. The van der Waals surface area contributed by atoms with Crippen LogP contribution in [-0.2, 0) is 13.0 Å². The van der Waals surface area contributed by atoms with Crippen LogP contribution < -0.4 is 10.6 Å². The van der Waals surface area contributed by atoms with Gasteiger partial charge < -0.3 is 15.2 Å². The number of nitrogens with one attached hydrogen (secondary N) is 2. The van der Waals surface area contributed by atoms with Crippen LogP contribution in [0.15, 0.2) is 11.3 Å². The molecular weight excluding hydrogens is 423 g/mol. The van der Waals surface area contributed by atoms with Crippen molar-refractivity contribution in [2.45, 2.75) is 52.6 Å². The molecule has 1 atom stereocenters. The Balaban J connectivity index is 0.00000484. The van der Waals surface area contributed by atoms with Crippen LogP contribution in [0.25, 0.3) is 0 Å². The summed E-state index contributed by atoms with van der Waals surface area (Å²) >= 11 is 1.86. The van der Waals surface area contributed by atoms with Gasteiger partial charge in [0.15, 0.2) is 5.96 Å². The summed E-state index contributed by atoms with van der Waals surface area (Å²) < 4.78 is 2.08. The van der Waals surface area contributed by atoms with Gasteiger partial charge in [0.25, 0.3) is 0 Å². The third-order valence-corrected chi connectivity index (χ3v) is 4.13. The van der Waals surface area contributed by atoms with Crippen molar-refractivity contribution in [1.29, 1.82) is 0 Å². The van der Waals surface area contributed by atoms with Gasteiger partial charge in [0.2, 0.25) is 0 Å². The Morgan fingerprint density at radius 3 is 2.87 bits per heavy atom. The summed E-state index contributed by atoms with van der Waals surface area (Å²) in [5.41, 5.74) is 0. The van der Waals surface area contributed by atoms with Crippen molar-refractivity contribution in [3.05, 3.63) is 12.2 Å². The lowest BCUT2D eigenvalue weighted by molar-refractivity contribution is 0.599. The molecule has 0 aromatic carbocycles. The van der Waals surface area contributed by atoms with Gasteiger partial charge in [0.1, 0.15) is 12.2 Å². The van der Waals surface area contributed by atoms with Crippen molar-refractivity contribution in [3.8, 4) is 0 Å². The molecule has 0 saturated carbocycles. The first-order valence-corrected chi connectivity index (χ1v) is 9.51. The first-order chi connectivity index (χ1) is 10.7. The molecule has 0 saturated heterocycles. The minimum atomic E-state index is 0. The average molecular weight is 454 g/mol. The molecule has 1 heterocycles. The number of aliphatic imine (C=N–C) groups is 1. The topological polar surface area (TPSA) is 67.1 Å². The van der Waals surface area contributed by atoms with E-state index in [0.29, 0.717) is 6.04 Å². The second-order valence-electron chi connectivity index (χ2n) is 5.25. The molecule has 2 N–H and O–H groups in total. The van der Waals surface area contributed by atoms with Crippen LogP contribution in [0.1, 0.15) is 39.4 Å². The van der Waals surface area contributed by atoms with Gasteiger partial charge >= 0.3 is 0 Å². The monoisotopic (exact) mass is 454 g/mol. The number of guanidine groups is 1. The quantitative estimate of drug-likeness (QED) is 0.246. The maximum atomic E-state index is 4.65. The van der Waals surface area contributed by atoms with E-state index >= 15 is 0 Å². The number of aryl methyl sites for hydroxylation is 1. The number of thioether (sulfide) groups is 1. The number of rotatable bonds is 10. The van der Waals surface area contributed by atoms with Gasteiger partial charge in [0.05, 0.1) is 0 Å². The van der Waals surface area contributed by atoms with Gasteiger partial charge in [-0.05, 0) is 31.8 Å². The first kappa shape index (κ1) is 22.5. The minimum Gasteiger partial charge on any atom is -0.355 e. The van der Waals surface area contributed by atoms with E-state index in [1.165, 1.54) is 0 Å². The molecule has 0 aliphatic carbocycles. The SMILES string of the molecule is CCc1nncn1CCNC(=NCCCSC)NC(C)CC.I. The highest BCUT2D eigenvalue weighted by molar-refractivity contribution is 14.0. The van der Waals surface area contributed by atoms with Crippen LogP contribution in [0.3, 0.4) is 0 Å². The Hall–Kier alpha value is -0.510. The Kier molecular flexibility index (Phi) is 13.6. The molecule has 0 radical (unpaired) electrons. The van der Waals surface area contributed by atoms with Crippen LogP contribution in [-0.4, -0.2) is 51.9 Å². The zero-order valence-electron chi connectivity index (χ0n) is 14.7. The molecule has 23 heavy (non-hydrogen) atoms. The lowest BCUT2D eigenvalue weighted by atomic mass is 10.3. The Labute approximate surface area is 161 Å². The van der Waals surface area contributed by atoms with Gasteiger partial charge in [-0.1, -0.05) is 13.8 Å². The van der Waals surface area contributed by atoms with Crippen molar-refractivity contribution in [2.75, 3.05) is 25.1 Å². The van der Waals surface area contributed by atoms with Gasteiger partial charge in [-0.15, -0.1) is 34.2 Å². The van der Waals surface area contributed by atoms with E-state index < -0.39 is 0 Å². The van der Waals surface area contributed by atoms with Crippen molar-refractivity contribution < 1.29 is 0 Å². The molecule has 1 aromatic rings. The Bertz CT molecular complexity index is 437. The van der Waals surface area contributed by atoms with E-state index in [9.17, 15) is 0 Å². The van der Waals surface area contributed by atoms with Gasteiger partial charge in [-0.25, -0.2) is 0 Å². The van der Waals surface area contributed by atoms with Crippen molar-refractivity contribution >= 4 is 41.7 Å². The number of halogens is 1. The van der Waals surface area contributed by atoms with Crippen LogP contribution in [0, 0.1) is 0 Å². The highest BCUT2D eigenvalue weighted by atomic mass is 127. The lowest BCUT2D eigenvalue weighted by Crippen LogP contribution is -2.43. The molecular formula is C15H31IN6S. The maximum Gasteiger partial charge on any atom is 0.191 e. The summed E-state index contributed by atoms with van der Waals surface area (Å²) in [5.74, 6) is 3.08. The standard InChI is InChI=1S/C15H30N6S.HI/c1-5-13(3)19-15(16-8-7-11-22-4)17-9-10-21-12-18-20-14(21)6-2;/h12-13H,5-11H2,1-4H3,(H2,16,17,19);1H. The lowest BCUT2D eigenvalue weighted by Gasteiger charge is -2.17. The van der Waals surface area contributed by atoms with Crippen molar-refractivity contribution in [2.24, 2.45) is 4.99 Å². The molecule has 134 valence electrons. The molecule has 6 nitrogen and oxygen atoms in total. The number of nitrogens with zero attached hydrogens (tertiary/aromatic N) is 4. The Morgan fingerprint density at radius 2 is 2.22 bits per heavy atom. The smallest absolute Gasteiger partial charge is 0.191 e. The Morgan fingerprint density at radius 1 is 1.43 bits per heavy atom. The summed E-state index contributed by atoms with van der Waals surface area (Å²) in [6.07, 6.45) is 7.01. The summed E-state index contributed by atoms with van der Waals surface area (Å²) in [7, 11) is 0. The van der Waals surface area contributed by atoms with Gasteiger partial charge in [-0.3, -0.25) is 4.99 Å². The third-order valence-electron chi connectivity index (χ3n) is 3.43. The highest BCUT2D eigenvalue weighted by Crippen LogP contribution is 1.97. The molecule has 0 amide bonds. The van der Waals surface area contributed by atoms with E-state index in [1.54, 1.807) is 6.33 Å². The summed E-state index contributed by atoms with van der Waals surface area (Å²) in [6.45, 7) is 8.97. The fourth-order valence-electron chi connectivity index (χ4n) is 1.92. The van der Waals surface area contributed by atoms with E-state index in [4.69, 9.17) is 0 Å². The van der Waals surface area contributed by atoms with E-state index in [-0.39, 0.29) is 24.0 Å². The normalized spacial score (nSPS) is 12.6. The zero-order valence-corrected chi connectivity index (χ0v) is 17.9. The zero-order chi connectivity index (χ0) is 16.2. The fourth-order valence-corrected chi connectivity index (χ4v) is 2.34. The molecule has 1 unspecified atom stereocenters. The van der Waals surface area contributed by atoms with E-state index in [2.05, 4.69) is 57.4 Å². The maximum absolute atomic E-state index is 4.65. The summed E-state index contributed by atoms with van der Waals surface area (Å²) in [6, 6.07) is 0.424. The number of hydrogen-bond acceptors (Lipinski definition) is 4. The fraction of sp³-hybridized carbons (Fsp3) is 0.800. The molecule has 0 fully saturated rings. The second kappa shape index (κ2) is 13.9. The van der Waals surface area contributed by atoms with Crippen LogP contribution >= 0.6 is 35.7 Å². The molecule has 0 bridgehead atoms. The molecule has 8 heteroatoms. The van der Waals surface area contributed by atoms with E-state index in [1.807, 2.05) is 11.8 Å². The van der Waals surface area contributed by atoms with E-state index in [0.717, 1.165) is 56.4 Å². The molecule has 0 aliphatic heterocycles. The van der Waals surface area contributed by atoms with Crippen LogP contribution in [0.5, 0.6) is 0 Å². The molecule has 1 aromatic heterocycles. The minimum absolute atomic E-state index is 0. The summed E-state index contributed by atoms with van der Waals surface area (Å²) in [5, 5.41) is 14.9. The van der Waals surface area contributed by atoms with Crippen LogP contribution in [0.4, 0.5) is 0 Å². The molecule has 1 rings (SSSR count).